The first kappa shape index (κ1) is 31.5. The molecule has 1 aromatic rings. The lowest BCUT2D eigenvalue weighted by Crippen LogP contribution is -2.62. The fourth-order valence-electron chi connectivity index (χ4n) is 8.19. The normalized spacial score (nSPS) is 26.9. The Hall–Kier alpha value is -1.51. The van der Waals surface area contributed by atoms with Gasteiger partial charge >= 0.3 is 0 Å². The van der Waals surface area contributed by atoms with Gasteiger partial charge in [0, 0.05) is 66.9 Å². The van der Waals surface area contributed by atoms with Crippen LogP contribution in [-0.2, 0) is 11.2 Å². The summed E-state index contributed by atoms with van der Waals surface area (Å²) in [7, 11) is 0. The monoisotopic (exact) mass is 669 g/mol. The van der Waals surface area contributed by atoms with Gasteiger partial charge in [0.1, 0.15) is 0 Å². The van der Waals surface area contributed by atoms with Gasteiger partial charge in [0.05, 0.1) is 12.6 Å². The Bertz CT molecular complexity index is 1270. The Kier molecular flexibility index (Phi) is 9.85. The number of halogens is 2. The number of fused-ring (bicyclic) bond motifs is 1. The van der Waals surface area contributed by atoms with E-state index in [0.29, 0.717) is 24.3 Å². The van der Waals surface area contributed by atoms with Crippen molar-refractivity contribution in [3.05, 3.63) is 56.1 Å². The van der Waals surface area contributed by atoms with Gasteiger partial charge in [-0.05, 0) is 119 Å². The van der Waals surface area contributed by atoms with Crippen molar-refractivity contribution in [2.75, 3.05) is 52.4 Å². The van der Waals surface area contributed by atoms with Crippen LogP contribution in [0.25, 0.3) is 0 Å². The van der Waals surface area contributed by atoms with Gasteiger partial charge in [-0.1, -0.05) is 38.4 Å². The number of likely N-dealkylation sites (tertiary alicyclic amines) is 1. The molecule has 0 spiro atoms. The first-order valence-electron chi connectivity index (χ1n) is 16.5. The van der Waals surface area contributed by atoms with Crippen molar-refractivity contribution in [2.45, 2.75) is 83.8 Å². The topological polar surface area (TPSA) is 51.2 Å². The molecule has 1 amide bonds. The van der Waals surface area contributed by atoms with Crippen molar-refractivity contribution in [3.8, 4) is 0 Å². The van der Waals surface area contributed by atoms with Crippen molar-refractivity contribution in [1.29, 1.82) is 0 Å². The van der Waals surface area contributed by atoms with Gasteiger partial charge in [0.25, 0.3) is 0 Å². The first-order valence-corrected chi connectivity index (χ1v) is 17.7. The third-order valence-corrected chi connectivity index (χ3v) is 11.3. The average Bonchev–Trinajstić information content (AvgIpc) is 3.26. The smallest absolute Gasteiger partial charge is 0.223 e. The Morgan fingerprint density at radius 2 is 1.81 bits per heavy atom. The van der Waals surface area contributed by atoms with Gasteiger partial charge in [-0.25, -0.2) is 0 Å². The molecular weight excluding hydrogens is 622 g/mol. The minimum Gasteiger partial charge on any atom is -0.337 e. The number of piperazine rings is 1. The van der Waals surface area contributed by atoms with E-state index in [1.54, 1.807) is 0 Å². The number of amides is 1. The maximum Gasteiger partial charge on any atom is 0.223 e. The number of benzene rings is 1. The predicted molar refractivity (Wildman–Crippen MR) is 181 cm³/mol. The number of carbonyl (C=O) groups excluding carboxylic acids is 1. The summed E-state index contributed by atoms with van der Waals surface area (Å²) >= 11 is 10.2. The third kappa shape index (κ3) is 7.17. The minimum atomic E-state index is 0.0547. The Labute approximate surface area is 272 Å². The lowest BCUT2D eigenvalue weighted by atomic mass is 9.82. The molecule has 0 bridgehead atoms. The highest BCUT2D eigenvalue weighted by Crippen LogP contribution is 2.42. The van der Waals surface area contributed by atoms with E-state index < -0.39 is 0 Å². The van der Waals surface area contributed by atoms with Crippen LogP contribution in [0.2, 0.25) is 5.02 Å². The summed E-state index contributed by atoms with van der Waals surface area (Å²) in [5.74, 6) is 0.914. The molecule has 6 nitrogen and oxygen atoms in total. The number of nitrogens with one attached hydrogen (secondary N) is 1. The molecule has 1 aliphatic carbocycles. The molecule has 4 heterocycles. The van der Waals surface area contributed by atoms with Gasteiger partial charge in [-0.3, -0.25) is 19.6 Å². The highest BCUT2D eigenvalue weighted by Gasteiger charge is 2.41. The quantitative estimate of drug-likeness (QED) is 0.403. The van der Waals surface area contributed by atoms with Gasteiger partial charge in [-0.2, -0.15) is 0 Å². The molecule has 8 heteroatoms. The standard InChI is InChI=1S/C35H49BrClN5O/c1-35(2,3)32-23-41(16-17-42(32)33(43)18-24-8-12-38-13-9-24)29-10-14-40(15-11-29)34-30-7-6-28(37)20-26(30)5-4-25-19-27(36)21-39-22-31(25)34/h6-7,19-21,24,29,32,34,38H,4-5,8-18,22-23H2,1-3H3. The van der Waals surface area contributed by atoms with E-state index in [-0.39, 0.29) is 17.5 Å². The molecule has 0 aromatic heterocycles. The minimum absolute atomic E-state index is 0.0547. The van der Waals surface area contributed by atoms with Crippen molar-refractivity contribution in [1.82, 2.24) is 20.0 Å². The zero-order valence-corrected chi connectivity index (χ0v) is 28.6. The zero-order chi connectivity index (χ0) is 30.1. The van der Waals surface area contributed by atoms with Crippen LogP contribution in [-0.4, -0.2) is 91.3 Å². The highest BCUT2D eigenvalue weighted by molar-refractivity contribution is 9.12. The molecule has 1 N–H and O–H groups in total. The van der Waals surface area contributed by atoms with E-state index in [4.69, 9.17) is 16.6 Å². The number of piperidine rings is 2. The predicted octanol–water partition coefficient (Wildman–Crippen LogP) is 6.40. The van der Waals surface area contributed by atoms with Crippen molar-refractivity contribution >= 4 is 39.7 Å². The largest absolute Gasteiger partial charge is 0.337 e. The fourth-order valence-corrected chi connectivity index (χ4v) is 8.81. The van der Waals surface area contributed by atoms with Crippen LogP contribution in [0.4, 0.5) is 0 Å². The molecule has 4 aliphatic heterocycles. The van der Waals surface area contributed by atoms with Crippen molar-refractivity contribution in [2.24, 2.45) is 16.3 Å². The highest BCUT2D eigenvalue weighted by atomic mass is 79.9. The second-order valence-corrected chi connectivity index (χ2v) is 15.8. The SMILES string of the molecule is CC(C)(C)C1CN(C2CCN(C3C4=C(C=C(Br)C=NC4)CCc4cc(Cl)ccc43)CC2)CCN1C(=O)CC1CCNCC1. The van der Waals surface area contributed by atoms with Crippen molar-refractivity contribution in [3.63, 3.8) is 0 Å². The first-order chi connectivity index (χ1) is 20.7. The van der Waals surface area contributed by atoms with Gasteiger partial charge in [0.2, 0.25) is 5.91 Å². The maximum atomic E-state index is 13.6. The molecule has 0 saturated carbocycles. The molecule has 2 atom stereocenters. The molecule has 5 aliphatic rings. The van der Waals surface area contributed by atoms with E-state index in [2.05, 4.69) is 81.0 Å². The Balaban J connectivity index is 1.16. The van der Waals surface area contributed by atoms with Crippen LogP contribution in [0.5, 0.6) is 0 Å². The molecule has 1 aromatic carbocycles. The number of hydrogen-bond donors (Lipinski definition) is 1. The summed E-state index contributed by atoms with van der Waals surface area (Å²) < 4.78 is 1.06. The van der Waals surface area contributed by atoms with E-state index >= 15 is 0 Å². The van der Waals surface area contributed by atoms with Crippen LogP contribution in [0.15, 0.2) is 44.9 Å². The molecule has 3 saturated heterocycles. The number of nitrogens with zero attached hydrogens (tertiary/aromatic N) is 4. The fraction of sp³-hybridized carbons (Fsp3) is 0.657. The van der Waals surface area contributed by atoms with Crippen LogP contribution >= 0.6 is 27.5 Å². The summed E-state index contributed by atoms with van der Waals surface area (Å²) in [6.45, 7) is 14.8. The number of allylic oxidation sites excluding steroid dienone is 3. The summed E-state index contributed by atoms with van der Waals surface area (Å²) in [4.78, 5) is 26.1. The molecule has 2 unspecified atom stereocenters. The Morgan fingerprint density at radius 3 is 2.56 bits per heavy atom. The molecule has 0 radical (unpaired) electrons. The van der Waals surface area contributed by atoms with E-state index in [9.17, 15) is 4.79 Å². The molecule has 3 fully saturated rings. The van der Waals surface area contributed by atoms with Gasteiger partial charge in [-0.15, -0.1) is 0 Å². The number of carbonyl (C=O) groups is 1. The van der Waals surface area contributed by atoms with Crippen molar-refractivity contribution < 1.29 is 4.79 Å². The average molecular weight is 671 g/mol. The van der Waals surface area contributed by atoms with Gasteiger partial charge in [0.15, 0.2) is 0 Å². The van der Waals surface area contributed by atoms with Gasteiger partial charge < -0.3 is 10.2 Å². The number of rotatable bonds is 4. The summed E-state index contributed by atoms with van der Waals surface area (Å²) in [6, 6.07) is 7.58. The van der Waals surface area contributed by atoms with E-state index in [0.717, 1.165) is 100 Å². The van der Waals surface area contributed by atoms with Crippen LogP contribution in [0.3, 0.4) is 0 Å². The lowest BCUT2D eigenvalue weighted by molar-refractivity contribution is -0.142. The Morgan fingerprint density at radius 1 is 1.05 bits per heavy atom. The summed E-state index contributed by atoms with van der Waals surface area (Å²) in [5, 5.41) is 4.27. The summed E-state index contributed by atoms with van der Waals surface area (Å²) in [5.41, 5.74) is 5.70. The number of aryl methyl sites for hydroxylation is 1. The van der Waals surface area contributed by atoms with Crippen LogP contribution in [0.1, 0.15) is 76.5 Å². The maximum absolute atomic E-state index is 13.6. The van der Waals surface area contributed by atoms with E-state index in [1.807, 2.05) is 6.21 Å². The second kappa shape index (κ2) is 13.5. The molecule has 43 heavy (non-hydrogen) atoms. The van der Waals surface area contributed by atoms with E-state index in [1.165, 1.54) is 22.3 Å². The number of aliphatic imine (C=N–C) groups is 1. The van der Waals surface area contributed by atoms with Crippen LogP contribution in [0, 0.1) is 11.3 Å². The summed E-state index contributed by atoms with van der Waals surface area (Å²) in [6.07, 6.45) is 11.6. The molecular formula is C35H49BrClN5O. The zero-order valence-electron chi connectivity index (χ0n) is 26.3. The molecule has 234 valence electrons. The third-order valence-electron chi connectivity index (χ3n) is 10.6. The molecule has 6 rings (SSSR count). The lowest BCUT2D eigenvalue weighted by Gasteiger charge is -2.51. The van der Waals surface area contributed by atoms with Crippen LogP contribution < -0.4 is 5.32 Å². The number of hydrogen-bond acceptors (Lipinski definition) is 5. The second-order valence-electron chi connectivity index (χ2n) is 14.4.